The minimum atomic E-state index is 0.362. The van der Waals surface area contributed by atoms with Gasteiger partial charge in [-0.15, -0.1) is 0 Å². The molecule has 1 saturated heterocycles. The number of amides is 1. The van der Waals surface area contributed by atoms with Crippen LogP contribution in [-0.4, -0.2) is 36.5 Å². The van der Waals surface area contributed by atoms with Crippen molar-refractivity contribution in [1.82, 2.24) is 10.2 Å². The van der Waals surface area contributed by atoms with Crippen LogP contribution in [0.15, 0.2) is 0 Å². The van der Waals surface area contributed by atoms with E-state index in [1.165, 1.54) is 19.3 Å². The van der Waals surface area contributed by atoms with Crippen molar-refractivity contribution in [2.24, 2.45) is 5.92 Å². The average Bonchev–Trinajstić information content (AvgIpc) is 2.34. The number of carbonyl (C=O) groups excluding carboxylic acids is 1. The molecule has 100 valence electrons. The predicted molar refractivity (Wildman–Crippen MR) is 72.0 cm³/mol. The third-order valence-electron chi connectivity index (χ3n) is 3.73. The van der Waals surface area contributed by atoms with Gasteiger partial charge in [-0.2, -0.15) is 0 Å². The number of piperazine rings is 1. The van der Waals surface area contributed by atoms with Crippen molar-refractivity contribution in [1.29, 1.82) is 0 Å². The first kappa shape index (κ1) is 14.5. The standard InChI is InChI=1S/C14H28N2O/c1-4-6-7-13(5-2)10-14(17)16-9-8-15-12(3)11-16/h12-13,15H,4-11H2,1-3H3. The zero-order valence-electron chi connectivity index (χ0n) is 11.7. The first-order valence-corrected chi connectivity index (χ1v) is 7.18. The Morgan fingerprint density at radius 2 is 2.24 bits per heavy atom. The smallest absolute Gasteiger partial charge is 0.222 e. The summed E-state index contributed by atoms with van der Waals surface area (Å²) in [6, 6.07) is 0.448. The van der Waals surface area contributed by atoms with Crippen molar-refractivity contribution in [2.45, 2.75) is 58.9 Å². The maximum absolute atomic E-state index is 12.2. The summed E-state index contributed by atoms with van der Waals surface area (Å²) in [7, 11) is 0. The van der Waals surface area contributed by atoms with Crippen molar-refractivity contribution in [3.8, 4) is 0 Å². The Balaban J connectivity index is 2.35. The number of carbonyl (C=O) groups is 1. The monoisotopic (exact) mass is 240 g/mol. The van der Waals surface area contributed by atoms with Crippen LogP contribution >= 0.6 is 0 Å². The van der Waals surface area contributed by atoms with Crippen LogP contribution in [0.3, 0.4) is 0 Å². The van der Waals surface area contributed by atoms with Gasteiger partial charge < -0.3 is 10.2 Å². The molecule has 1 rings (SSSR count). The lowest BCUT2D eigenvalue weighted by Gasteiger charge is -2.32. The van der Waals surface area contributed by atoms with E-state index < -0.39 is 0 Å². The minimum Gasteiger partial charge on any atom is -0.340 e. The normalized spacial score (nSPS) is 22.5. The number of nitrogens with zero attached hydrogens (tertiary/aromatic N) is 1. The Kier molecular flexibility index (Phi) is 6.56. The molecule has 0 aromatic heterocycles. The van der Waals surface area contributed by atoms with Crippen LogP contribution in [0.25, 0.3) is 0 Å². The first-order valence-electron chi connectivity index (χ1n) is 7.18. The Morgan fingerprint density at radius 3 is 2.82 bits per heavy atom. The highest BCUT2D eigenvalue weighted by molar-refractivity contribution is 5.76. The van der Waals surface area contributed by atoms with Crippen molar-refractivity contribution in [3.05, 3.63) is 0 Å². The lowest BCUT2D eigenvalue weighted by Crippen LogP contribution is -2.51. The summed E-state index contributed by atoms with van der Waals surface area (Å²) in [6.07, 6.45) is 5.58. The highest BCUT2D eigenvalue weighted by atomic mass is 16.2. The zero-order chi connectivity index (χ0) is 12.7. The van der Waals surface area contributed by atoms with Crippen LogP contribution in [0, 0.1) is 5.92 Å². The van der Waals surface area contributed by atoms with Gasteiger partial charge >= 0.3 is 0 Å². The Labute approximate surface area is 106 Å². The molecule has 0 aromatic carbocycles. The molecule has 0 aliphatic carbocycles. The van der Waals surface area contributed by atoms with Crippen LogP contribution in [0.4, 0.5) is 0 Å². The molecule has 1 amide bonds. The molecule has 0 spiro atoms. The number of hydrogen-bond donors (Lipinski definition) is 1. The Hall–Kier alpha value is -0.570. The number of rotatable bonds is 6. The zero-order valence-corrected chi connectivity index (χ0v) is 11.7. The highest BCUT2D eigenvalue weighted by Gasteiger charge is 2.22. The van der Waals surface area contributed by atoms with E-state index in [1.807, 2.05) is 4.90 Å². The molecule has 17 heavy (non-hydrogen) atoms. The quantitative estimate of drug-likeness (QED) is 0.773. The molecule has 0 saturated carbocycles. The SMILES string of the molecule is CCCCC(CC)CC(=O)N1CCNC(C)C1. The molecule has 0 bridgehead atoms. The maximum Gasteiger partial charge on any atom is 0.222 e. The van der Waals surface area contributed by atoms with E-state index in [1.54, 1.807) is 0 Å². The van der Waals surface area contributed by atoms with E-state index in [-0.39, 0.29) is 0 Å². The minimum absolute atomic E-state index is 0.362. The maximum atomic E-state index is 12.2. The van der Waals surface area contributed by atoms with Crippen LogP contribution in [-0.2, 0) is 4.79 Å². The molecule has 0 radical (unpaired) electrons. The molecule has 0 aromatic rings. The fourth-order valence-corrected chi connectivity index (χ4v) is 2.48. The summed E-state index contributed by atoms with van der Waals surface area (Å²) in [6.45, 7) is 9.27. The molecule has 1 aliphatic heterocycles. The third kappa shape index (κ3) is 5.07. The van der Waals surface area contributed by atoms with Gasteiger partial charge in [-0.05, 0) is 19.3 Å². The van der Waals surface area contributed by atoms with Crippen molar-refractivity contribution >= 4 is 5.91 Å². The van der Waals surface area contributed by atoms with Crippen molar-refractivity contribution < 1.29 is 4.79 Å². The molecule has 1 N–H and O–H groups in total. The fraction of sp³-hybridized carbons (Fsp3) is 0.929. The molecule has 1 fully saturated rings. The van der Waals surface area contributed by atoms with Gasteiger partial charge in [0.15, 0.2) is 0 Å². The highest BCUT2D eigenvalue weighted by Crippen LogP contribution is 2.18. The van der Waals surface area contributed by atoms with E-state index in [0.29, 0.717) is 17.9 Å². The number of nitrogens with one attached hydrogen (secondary N) is 1. The van der Waals surface area contributed by atoms with Gasteiger partial charge in [-0.25, -0.2) is 0 Å². The molecule has 3 nitrogen and oxygen atoms in total. The average molecular weight is 240 g/mol. The van der Waals surface area contributed by atoms with Gasteiger partial charge in [-0.1, -0.05) is 33.1 Å². The van der Waals surface area contributed by atoms with Crippen LogP contribution in [0.2, 0.25) is 0 Å². The summed E-state index contributed by atoms with van der Waals surface area (Å²) in [5, 5.41) is 3.37. The molecule has 1 aliphatic rings. The van der Waals surface area contributed by atoms with Crippen LogP contribution in [0.5, 0.6) is 0 Å². The molecule has 3 heteroatoms. The third-order valence-corrected chi connectivity index (χ3v) is 3.73. The summed E-state index contributed by atoms with van der Waals surface area (Å²) in [5.41, 5.74) is 0. The summed E-state index contributed by atoms with van der Waals surface area (Å²) in [5.74, 6) is 0.953. The van der Waals surface area contributed by atoms with Crippen molar-refractivity contribution in [2.75, 3.05) is 19.6 Å². The molecular weight excluding hydrogens is 212 g/mol. The van der Waals surface area contributed by atoms with Gasteiger partial charge in [0.2, 0.25) is 5.91 Å². The Morgan fingerprint density at radius 1 is 1.47 bits per heavy atom. The largest absolute Gasteiger partial charge is 0.340 e. The molecule has 2 unspecified atom stereocenters. The first-order chi connectivity index (χ1) is 8.17. The Bertz CT molecular complexity index is 230. The predicted octanol–water partition coefficient (Wildman–Crippen LogP) is 2.41. The second-order valence-electron chi connectivity index (χ2n) is 5.32. The summed E-state index contributed by atoms with van der Waals surface area (Å²) >= 11 is 0. The van der Waals surface area contributed by atoms with Gasteiger partial charge in [-0.3, -0.25) is 4.79 Å². The van der Waals surface area contributed by atoms with Crippen molar-refractivity contribution in [3.63, 3.8) is 0 Å². The van der Waals surface area contributed by atoms with Gasteiger partial charge in [0.05, 0.1) is 0 Å². The second-order valence-corrected chi connectivity index (χ2v) is 5.32. The number of unbranched alkanes of at least 4 members (excludes halogenated alkanes) is 1. The number of hydrogen-bond acceptors (Lipinski definition) is 2. The summed E-state index contributed by atoms with van der Waals surface area (Å²) < 4.78 is 0. The van der Waals surface area contributed by atoms with E-state index in [4.69, 9.17) is 0 Å². The van der Waals surface area contributed by atoms with E-state index in [9.17, 15) is 4.79 Å². The van der Waals surface area contributed by atoms with E-state index >= 15 is 0 Å². The fourth-order valence-electron chi connectivity index (χ4n) is 2.48. The molecular formula is C14H28N2O. The van der Waals surface area contributed by atoms with Crippen LogP contribution in [0.1, 0.15) is 52.9 Å². The topological polar surface area (TPSA) is 32.3 Å². The lowest BCUT2D eigenvalue weighted by molar-refractivity contribution is -0.133. The van der Waals surface area contributed by atoms with Gasteiger partial charge in [0, 0.05) is 32.1 Å². The van der Waals surface area contributed by atoms with Gasteiger partial charge in [0.25, 0.3) is 0 Å². The summed E-state index contributed by atoms with van der Waals surface area (Å²) in [4.78, 5) is 14.2. The van der Waals surface area contributed by atoms with E-state index in [2.05, 4.69) is 26.1 Å². The molecule has 1 heterocycles. The van der Waals surface area contributed by atoms with E-state index in [0.717, 1.165) is 32.5 Å². The lowest BCUT2D eigenvalue weighted by atomic mass is 9.95. The van der Waals surface area contributed by atoms with Crippen LogP contribution < -0.4 is 5.32 Å². The second kappa shape index (κ2) is 7.70. The van der Waals surface area contributed by atoms with Gasteiger partial charge in [0.1, 0.15) is 0 Å². The molecule has 2 atom stereocenters.